The van der Waals surface area contributed by atoms with Crippen LogP contribution in [0.1, 0.15) is 5.56 Å². The molecule has 0 atom stereocenters. The van der Waals surface area contributed by atoms with Gasteiger partial charge in [-0.3, -0.25) is 4.79 Å². The number of fused-ring (bicyclic) bond motifs is 1. The summed E-state index contributed by atoms with van der Waals surface area (Å²) in [6.07, 6.45) is 2.77. The fraction of sp³-hybridized carbons (Fsp3) is 0.308. The monoisotopic (exact) mass is 310 g/mol. The number of methoxy groups -OCH3 is 1. The summed E-state index contributed by atoms with van der Waals surface area (Å²) < 4.78 is 7.62. The van der Waals surface area contributed by atoms with Crippen molar-refractivity contribution in [2.45, 2.75) is 13.0 Å². The van der Waals surface area contributed by atoms with Crippen molar-refractivity contribution in [3.05, 3.63) is 34.4 Å². The Morgan fingerprint density at radius 1 is 1.50 bits per heavy atom. The van der Waals surface area contributed by atoms with Crippen molar-refractivity contribution >= 4 is 32.8 Å². The van der Waals surface area contributed by atoms with Crippen molar-refractivity contribution in [3.63, 3.8) is 0 Å². The number of esters is 1. The first kappa shape index (κ1) is 13.1. The predicted molar refractivity (Wildman–Crippen MR) is 74.4 cm³/mol. The fourth-order valence-electron chi connectivity index (χ4n) is 2.03. The van der Waals surface area contributed by atoms with Gasteiger partial charge < -0.3 is 15.0 Å². The molecule has 2 N–H and O–H groups in total. The molecule has 4 nitrogen and oxygen atoms in total. The van der Waals surface area contributed by atoms with Crippen molar-refractivity contribution in [2.24, 2.45) is 5.73 Å². The first-order valence-electron chi connectivity index (χ1n) is 5.70. The van der Waals surface area contributed by atoms with E-state index in [0.717, 1.165) is 27.4 Å². The lowest BCUT2D eigenvalue weighted by molar-refractivity contribution is -0.141. The van der Waals surface area contributed by atoms with E-state index in [1.807, 2.05) is 29.0 Å². The molecular formula is C13H15BrN2O2. The minimum Gasteiger partial charge on any atom is -0.468 e. The number of halogens is 1. The number of carbonyl (C=O) groups is 1. The third-order valence-corrected chi connectivity index (χ3v) is 3.36. The highest BCUT2D eigenvalue weighted by Crippen LogP contribution is 2.25. The molecule has 0 amide bonds. The molecule has 0 saturated heterocycles. The molecule has 0 saturated carbocycles. The number of nitrogens with zero attached hydrogens (tertiary/aromatic N) is 1. The number of carbonyl (C=O) groups excluding carboxylic acids is 1. The van der Waals surface area contributed by atoms with Crippen LogP contribution in [0.15, 0.2) is 28.9 Å². The molecule has 0 fully saturated rings. The van der Waals surface area contributed by atoms with Crippen molar-refractivity contribution in [3.8, 4) is 0 Å². The standard InChI is InChI=1S/C13H15BrN2O2/c1-18-13(17)8-16-7-9(4-5-15)11-6-10(14)2-3-12(11)16/h2-3,6-7H,4-5,8,15H2,1H3. The summed E-state index contributed by atoms with van der Waals surface area (Å²) >= 11 is 3.46. The lowest BCUT2D eigenvalue weighted by Crippen LogP contribution is -2.10. The van der Waals surface area contributed by atoms with Gasteiger partial charge >= 0.3 is 5.97 Å². The normalized spacial score (nSPS) is 10.8. The highest BCUT2D eigenvalue weighted by Gasteiger charge is 2.11. The average molecular weight is 311 g/mol. The second kappa shape index (κ2) is 5.54. The Kier molecular flexibility index (Phi) is 4.04. The van der Waals surface area contributed by atoms with E-state index >= 15 is 0 Å². The van der Waals surface area contributed by atoms with Crippen LogP contribution in [0.2, 0.25) is 0 Å². The molecular weight excluding hydrogens is 296 g/mol. The van der Waals surface area contributed by atoms with Crippen molar-refractivity contribution in [2.75, 3.05) is 13.7 Å². The van der Waals surface area contributed by atoms with E-state index in [0.29, 0.717) is 6.54 Å². The zero-order valence-corrected chi connectivity index (χ0v) is 11.7. The van der Waals surface area contributed by atoms with Gasteiger partial charge in [0.25, 0.3) is 0 Å². The highest BCUT2D eigenvalue weighted by atomic mass is 79.9. The minimum atomic E-state index is -0.255. The number of benzene rings is 1. The van der Waals surface area contributed by atoms with E-state index < -0.39 is 0 Å². The van der Waals surface area contributed by atoms with Crippen LogP contribution < -0.4 is 5.73 Å². The molecule has 0 radical (unpaired) electrons. The smallest absolute Gasteiger partial charge is 0.325 e. The molecule has 5 heteroatoms. The molecule has 0 aliphatic rings. The van der Waals surface area contributed by atoms with E-state index in [1.165, 1.54) is 7.11 Å². The van der Waals surface area contributed by atoms with Crippen molar-refractivity contribution < 1.29 is 9.53 Å². The second-order valence-corrected chi connectivity index (χ2v) is 4.97. The number of hydrogen-bond acceptors (Lipinski definition) is 3. The van der Waals surface area contributed by atoms with Gasteiger partial charge in [-0.05, 0) is 36.7 Å². The average Bonchev–Trinajstić information content (AvgIpc) is 2.67. The maximum Gasteiger partial charge on any atom is 0.325 e. The summed E-state index contributed by atoms with van der Waals surface area (Å²) in [7, 11) is 1.39. The largest absolute Gasteiger partial charge is 0.468 e. The van der Waals surface area contributed by atoms with Gasteiger partial charge in [-0.25, -0.2) is 0 Å². The van der Waals surface area contributed by atoms with Gasteiger partial charge in [0.15, 0.2) is 0 Å². The van der Waals surface area contributed by atoms with Gasteiger partial charge in [0.1, 0.15) is 6.54 Å². The number of aromatic nitrogens is 1. The summed E-state index contributed by atoms with van der Waals surface area (Å²) in [6.45, 7) is 0.809. The van der Waals surface area contributed by atoms with Gasteiger partial charge in [-0.1, -0.05) is 15.9 Å². The lowest BCUT2D eigenvalue weighted by atomic mass is 10.1. The molecule has 1 aromatic carbocycles. The summed E-state index contributed by atoms with van der Waals surface area (Å²) in [5.41, 5.74) is 7.78. The van der Waals surface area contributed by atoms with Crippen LogP contribution in [0.25, 0.3) is 10.9 Å². The molecule has 0 unspecified atom stereocenters. The van der Waals surface area contributed by atoms with Crippen LogP contribution in [0.4, 0.5) is 0 Å². The molecule has 18 heavy (non-hydrogen) atoms. The summed E-state index contributed by atoms with van der Waals surface area (Å²) in [4.78, 5) is 11.4. The Labute approximate surface area is 114 Å². The van der Waals surface area contributed by atoms with Crippen LogP contribution in [0.5, 0.6) is 0 Å². The van der Waals surface area contributed by atoms with Crippen LogP contribution >= 0.6 is 15.9 Å². The van der Waals surface area contributed by atoms with Gasteiger partial charge in [-0.2, -0.15) is 0 Å². The molecule has 0 aliphatic heterocycles. The van der Waals surface area contributed by atoms with Crippen LogP contribution in [-0.2, 0) is 22.5 Å². The van der Waals surface area contributed by atoms with E-state index in [9.17, 15) is 4.79 Å². The highest BCUT2D eigenvalue weighted by molar-refractivity contribution is 9.10. The quantitative estimate of drug-likeness (QED) is 0.880. The Hall–Kier alpha value is -1.33. The third kappa shape index (κ3) is 2.57. The van der Waals surface area contributed by atoms with E-state index in [1.54, 1.807) is 0 Å². The first-order chi connectivity index (χ1) is 8.65. The molecule has 1 heterocycles. The molecule has 1 aromatic heterocycles. The topological polar surface area (TPSA) is 57.2 Å². The van der Waals surface area contributed by atoms with Gasteiger partial charge in [0, 0.05) is 21.6 Å². The van der Waals surface area contributed by atoms with E-state index in [2.05, 4.69) is 15.9 Å². The van der Waals surface area contributed by atoms with Crippen molar-refractivity contribution in [1.82, 2.24) is 4.57 Å². The Bertz CT molecular complexity index is 578. The lowest BCUT2D eigenvalue weighted by Gasteiger charge is -2.03. The maximum absolute atomic E-state index is 11.4. The number of hydrogen-bond donors (Lipinski definition) is 1. The molecule has 2 aromatic rings. The zero-order chi connectivity index (χ0) is 13.1. The number of nitrogens with two attached hydrogens (primary N) is 1. The van der Waals surface area contributed by atoms with Crippen LogP contribution in [0.3, 0.4) is 0 Å². The number of rotatable bonds is 4. The van der Waals surface area contributed by atoms with Crippen LogP contribution in [-0.4, -0.2) is 24.2 Å². The zero-order valence-electron chi connectivity index (χ0n) is 10.1. The molecule has 0 aliphatic carbocycles. The predicted octanol–water partition coefficient (Wildman–Crippen LogP) is 2.08. The van der Waals surface area contributed by atoms with Gasteiger partial charge in [0.05, 0.1) is 7.11 Å². The van der Waals surface area contributed by atoms with E-state index in [4.69, 9.17) is 10.5 Å². The Balaban J connectivity index is 2.50. The van der Waals surface area contributed by atoms with Crippen LogP contribution in [0, 0.1) is 0 Å². The Morgan fingerprint density at radius 2 is 2.28 bits per heavy atom. The van der Waals surface area contributed by atoms with Gasteiger partial charge in [0.2, 0.25) is 0 Å². The maximum atomic E-state index is 11.4. The minimum absolute atomic E-state index is 0.221. The summed E-state index contributed by atoms with van der Waals surface area (Å²) in [5, 5.41) is 1.12. The first-order valence-corrected chi connectivity index (χ1v) is 6.49. The third-order valence-electron chi connectivity index (χ3n) is 2.87. The van der Waals surface area contributed by atoms with Gasteiger partial charge in [-0.15, -0.1) is 0 Å². The molecule has 2 rings (SSSR count). The van der Waals surface area contributed by atoms with E-state index in [-0.39, 0.29) is 12.5 Å². The Morgan fingerprint density at radius 3 is 2.94 bits per heavy atom. The summed E-state index contributed by atoms with van der Waals surface area (Å²) in [6, 6.07) is 6.00. The summed E-state index contributed by atoms with van der Waals surface area (Å²) in [5.74, 6) is -0.255. The molecule has 96 valence electrons. The molecule has 0 bridgehead atoms. The van der Waals surface area contributed by atoms with Crippen molar-refractivity contribution in [1.29, 1.82) is 0 Å². The number of ether oxygens (including phenoxy) is 1. The molecule has 0 spiro atoms. The SMILES string of the molecule is COC(=O)Cn1cc(CCN)c2cc(Br)ccc21. The second-order valence-electron chi connectivity index (χ2n) is 4.06. The fourth-order valence-corrected chi connectivity index (χ4v) is 2.39.